The summed E-state index contributed by atoms with van der Waals surface area (Å²) in [4.78, 5) is 24.2. The molecule has 8 heteroatoms. The lowest BCUT2D eigenvalue weighted by atomic mass is 10.1. The average molecular weight is 376 g/mol. The number of carbonyl (C=O) groups is 2. The van der Waals surface area contributed by atoms with Crippen LogP contribution in [0.15, 0.2) is 42.5 Å². The molecule has 0 saturated heterocycles. The number of anilines is 2. The van der Waals surface area contributed by atoms with Crippen molar-refractivity contribution < 1.29 is 22.7 Å². The second-order valence-corrected chi connectivity index (χ2v) is 7.41. The van der Waals surface area contributed by atoms with Crippen LogP contribution in [0.5, 0.6) is 0 Å². The Kier molecular flexibility index (Phi) is 5.99. The van der Waals surface area contributed by atoms with Gasteiger partial charge in [0.2, 0.25) is 10.0 Å². The average Bonchev–Trinajstić information content (AvgIpc) is 2.56. The van der Waals surface area contributed by atoms with Gasteiger partial charge >= 0.3 is 5.97 Å². The van der Waals surface area contributed by atoms with Gasteiger partial charge in [0.15, 0.2) is 0 Å². The predicted molar refractivity (Wildman–Crippen MR) is 100.0 cm³/mol. The number of hydrogen-bond donors (Lipinski definition) is 2. The van der Waals surface area contributed by atoms with Crippen molar-refractivity contribution in [1.82, 2.24) is 0 Å². The number of carbonyl (C=O) groups excluding carboxylic acids is 2. The van der Waals surface area contributed by atoms with Crippen molar-refractivity contribution in [3.63, 3.8) is 0 Å². The normalized spacial score (nSPS) is 10.9. The molecule has 2 rings (SSSR count). The third-order valence-corrected chi connectivity index (χ3v) is 4.01. The Balaban J connectivity index is 2.16. The Bertz CT molecular complexity index is 938. The molecule has 0 radical (unpaired) electrons. The zero-order valence-electron chi connectivity index (χ0n) is 14.7. The van der Waals surface area contributed by atoms with Crippen LogP contribution in [-0.2, 0) is 14.8 Å². The SMILES string of the molecule is CCOC(=O)c1cccc(NC(=O)c2ccc(NS(C)(=O)=O)c(C)c2)c1. The van der Waals surface area contributed by atoms with Gasteiger partial charge in [0.05, 0.1) is 24.1 Å². The van der Waals surface area contributed by atoms with Gasteiger partial charge in [-0.1, -0.05) is 6.07 Å². The van der Waals surface area contributed by atoms with Crippen molar-refractivity contribution >= 4 is 33.3 Å². The molecule has 0 fully saturated rings. The van der Waals surface area contributed by atoms with Crippen LogP contribution in [0.2, 0.25) is 0 Å². The van der Waals surface area contributed by atoms with E-state index in [1.165, 1.54) is 18.2 Å². The second kappa shape index (κ2) is 8.01. The highest BCUT2D eigenvalue weighted by Gasteiger charge is 2.12. The highest BCUT2D eigenvalue weighted by Crippen LogP contribution is 2.19. The van der Waals surface area contributed by atoms with Gasteiger partial charge in [-0.25, -0.2) is 13.2 Å². The van der Waals surface area contributed by atoms with Crippen molar-refractivity contribution in [2.75, 3.05) is 22.9 Å². The number of hydrogen-bond acceptors (Lipinski definition) is 5. The summed E-state index contributed by atoms with van der Waals surface area (Å²) in [6.45, 7) is 3.68. The first-order chi connectivity index (χ1) is 12.2. The molecule has 2 aromatic rings. The van der Waals surface area contributed by atoms with Crippen molar-refractivity contribution in [3.05, 3.63) is 59.2 Å². The minimum atomic E-state index is -3.39. The summed E-state index contributed by atoms with van der Waals surface area (Å²) in [7, 11) is -3.39. The standard InChI is InChI=1S/C18H20N2O5S/c1-4-25-18(22)14-6-5-7-15(11-14)19-17(21)13-8-9-16(12(2)10-13)20-26(3,23)24/h5-11,20H,4H2,1-3H3,(H,19,21). The van der Waals surface area contributed by atoms with Crippen LogP contribution >= 0.6 is 0 Å². The zero-order chi connectivity index (χ0) is 19.3. The molecule has 7 nitrogen and oxygen atoms in total. The Hall–Kier alpha value is -2.87. The van der Waals surface area contributed by atoms with Crippen LogP contribution in [0.4, 0.5) is 11.4 Å². The molecule has 0 aliphatic rings. The summed E-state index contributed by atoms with van der Waals surface area (Å²) in [5, 5.41) is 2.71. The van der Waals surface area contributed by atoms with E-state index in [1.54, 1.807) is 38.1 Å². The summed E-state index contributed by atoms with van der Waals surface area (Å²) in [6.07, 6.45) is 1.06. The van der Waals surface area contributed by atoms with E-state index in [1.807, 2.05) is 0 Å². The number of rotatable bonds is 6. The fraction of sp³-hybridized carbons (Fsp3) is 0.222. The van der Waals surface area contributed by atoms with Crippen LogP contribution in [0.25, 0.3) is 0 Å². The van der Waals surface area contributed by atoms with Gasteiger partial charge in [0.25, 0.3) is 5.91 Å². The molecule has 138 valence electrons. The predicted octanol–water partition coefficient (Wildman–Crippen LogP) is 2.80. The van der Waals surface area contributed by atoms with Gasteiger partial charge < -0.3 is 10.1 Å². The molecule has 0 aromatic heterocycles. The number of aryl methyl sites for hydroxylation is 1. The number of sulfonamides is 1. The molecule has 0 saturated carbocycles. The molecular weight excluding hydrogens is 356 g/mol. The van der Waals surface area contributed by atoms with E-state index in [0.717, 1.165) is 6.26 Å². The minimum absolute atomic E-state index is 0.266. The lowest BCUT2D eigenvalue weighted by molar-refractivity contribution is 0.0526. The first-order valence-electron chi connectivity index (χ1n) is 7.86. The molecule has 2 aromatic carbocycles. The van der Waals surface area contributed by atoms with Gasteiger partial charge in [-0.2, -0.15) is 0 Å². The molecule has 0 unspecified atom stereocenters. The smallest absolute Gasteiger partial charge is 0.338 e. The van der Waals surface area contributed by atoms with Crippen LogP contribution in [0.3, 0.4) is 0 Å². The van der Waals surface area contributed by atoms with Crippen molar-refractivity contribution in [2.24, 2.45) is 0 Å². The van der Waals surface area contributed by atoms with Crippen molar-refractivity contribution in [3.8, 4) is 0 Å². The molecule has 1 amide bonds. The van der Waals surface area contributed by atoms with E-state index in [4.69, 9.17) is 4.74 Å². The molecule has 0 aliphatic carbocycles. The summed E-state index contributed by atoms with van der Waals surface area (Å²) < 4.78 is 30.0. The lowest BCUT2D eigenvalue weighted by Gasteiger charge is -2.11. The van der Waals surface area contributed by atoms with Crippen LogP contribution in [0.1, 0.15) is 33.2 Å². The highest BCUT2D eigenvalue weighted by atomic mass is 32.2. The van der Waals surface area contributed by atoms with E-state index in [2.05, 4.69) is 10.0 Å². The topological polar surface area (TPSA) is 102 Å². The van der Waals surface area contributed by atoms with Crippen molar-refractivity contribution in [1.29, 1.82) is 0 Å². The van der Waals surface area contributed by atoms with Gasteiger partial charge in [-0.15, -0.1) is 0 Å². The van der Waals surface area contributed by atoms with Gasteiger partial charge in [0, 0.05) is 11.3 Å². The Labute approximate surface area is 152 Å². The second-order valence-electron chi connectivity index (χ2n) is 5.66. The largest absolute Gasteiger partial charge is 0.462 e. The summed E-state index contributed by atoms with van der Waals surface area (Å²) in [5.41, 5.74) is 2.19. The third kappa shape index (κ3) is 5.32. The number of esters is 1. The molecule has 0 aliphatic heterocycles. The number of amides is 1. The van der Waals surface area contributed by atoms with Crippen LogP contribution in [0, 0.1) is 6.92 Å². The molecule has 0 spiro atoms. The minimum Gasteiger partial charge on any atom is -0.462 e. The van der Waals surface area contributed by atoms with Crippen LogP contribution in [-0.4, -0.2) is 33.2 Å². The Morgan fingerprint density at radius 1 is 1.08 bits per heavy atom. The Morgan fingerprint density at radius 3 is 2.42 bits per heavy atom. The maximum absolute atomic E-state index is 12.4. The summed E-state index contributed by atoms with van der Waals surface area (Å²) >= 11 is 0. The lowest BCUT2D eigenvalue weighted by Crippen LogP contribution is -2.14. The highest BCUT2D eigenvalue weighted by molar-refractivity contribution is 7.92. The number of benzene rings is 2. The maximum atomic E-state index is 12.4. The molecule has 0 bridgehead atoms. The first-order valence-corrected chi connectivity index (χ1v) is 9.75. The van der Waals surface area contributed by atoms with Gasteiger partial charge in [0.1, 0.15) is 0 Å². The molecule has 26 heavy (non-hydrogen) atoms. The van der Waals surface area contributed by atoms with Gasteiger partial charge in [-0.05, 0) is 55.8 Å². The molecule has 2 N–H and O–H groups in total. The summed E-state index contributed by atoms with van der Waals surface area (Å²) in [6, 6.07) is 11.1. The zero-order valence-corrected chi connectivity index (χ0v) is 15.5. The van der Waals surface area contributed by atoms with Crippen molar-refractivity contribution in [2.45, 2.75) is 13.8 Å². The van der Waals surface area contributed by atoms with E-state index in [9.17, 15) is 18.0 Å². The third-order valence-electron chi connectivity index (χ3n) is 3.42. The fourth-order valence-corrected chi connectivity index (χ4v) is 2.89. The number of ether oxygens (including phenoxy) is 1. The van der Waals surface area contributed by atoms with E-state index >= 15 is 0 Å². The number of nitrogens with one attached hydrogen (secondary N) is 2. The Morgan fingerprint density at radius 2 is 1.81 bits per heavy atom. The van der Waals surface area contributed by atoms with Crippen LogP contribution < -0.4 is 10.0 Å². The molecule has 0 heterocycles. The monoisotopic (exact) mass is 376 g/mol. The quantitative estimate of drug-likeness (QED) is 0.755. The van der Waals surface area contributed by atoms with E-state index in [-0.39, 0.29) is 12.5 Å². The molecular formula is C18H20N2O5S. The fourth-order valence-electron chi connectivity index (χ4n) is 2.26. The van der Waals surface area contributed by atoms with E-state index < -0.39 is 16.0 Å². The maximum Gasteiger partial charge on any atom is 0.338 e. The molecule has 0 atom stereocenters. The summed E-state index contributed by atoms with van der Waals surface area (Å²) in [5.74, 6) is -0.837. The van der Waals surface area contributed by atoms with E-state index in [0.29, 0.717) is 28.1 Å². The first kappa shape index (κ1) is 19.5. The van der Waals surface area contributed by atoms with Gasteiger partial charge in [-0.3, -0.25) is 9.52 Å².